The van der Waals surface area contributed by atoms with Crippen molar-refractivity contribution in [2.75, 3.05) is 27.3 Å². The maximum Gasteiger partial charge on any atom is 0.161 e. The average Bonchev–Trinajstić information content (AvgIpc) is 2.57. The predicted molar refractivity (Wildman–Crippen MR) is 96.9 cm³/mol. The summed E-state index contributed by atoms with van der Waals surface area (Å²) in [6.45, 7) is 3.10. The Balaban J connectivity index is 2.19. The number of hydrogen-bond acceptors (Lipinski definition) is 4. The maximum atomic E-state index is 5.78. The molecule has 5 heteroatoms. The largest absolute Gasteiger partial charge is 0.493 e. The average molecular weight is 379 g/mol. The van der Waals surface area contributed by atoms with Crippen molar-refractivity contribution in [3.8, 4) is 11.5 Å². The van der Waals surface area contributed by atoms with Crippen LogP contribution in [0.4, 0.5) is 0 Å². The summed E-state index contributed by atoms with van der Waals surface area (Å²) in [7, 11) is 3.29. The molecule has 2 rings (SSSR count). The van der Waals surface area contributed by atoms with Crippen LogP contribution in [-0.4, -0.2) is 32.2 Å². The predicted octanol–water partition coefficient (Wildman–Crippen LogP) is 3.43. The van der Waals surface area contributed by atoms with Crippen LogP contribution >= 0.6 is 15.9 Å². The summed E-state index contributed by atoms with van der Waals surface area (Å²) in [5.74, 6) is 1.45. The van der Waals surface area contributed by atoms with E-state index in [1.165, 1.54) is 5.56 Å². The number of methoxy groups -OCH3 is 2. The van der Waals surface area contributed by atoms with Crippen molar-refractivity contribution in [3.63, 3.8) is 0 Å². The van der Waals surface area contributed by atoms with Gasteiger partial charge < -0.3 is 15.2 Å². The first kappa shape index (κ1) is 17.8. The summed E-state index contributed by atoms with van der Waals surface area (Å²) in [5, 5.41) is 0. The van der Waals surface area contributed by atoms with Crippen molar-refractivity contribution < 1.29 is 9.47 Å². The quantitative estimate of drug-likeness (QED) is 0.764. The van der Waals surface area contributed by atoms with Crippen LogP contribution in [0.25, 0.3) is 0 Å². The molecular formula is C18H23BrN2O2. The molecule has 0 aromatic heterocycles. The Morgan fingerprint density at radius 2 is 1.65 bits per heavy atom. The Kier molecular flexibility index (Phi) is 6.89. The number of halogens is 1. The first-order valence-electron chi connectivity index (χ1n) is 7.54. The molecule has 2 aromatic rings. The number of hydrogen-bond donors (Lipinski definition) is 1. The summed E-state index contributed by atoms with van der Waals surface area (Å²) < 4.78 is 11.7. The van der Waals surface area contributed by atoms with Gasteiger partial charge in [0.2, 0.25) is 0 Å². The highest BCUT2D eigenvalue weighted by molar-refractivity contribution is 9.10. The molecule has 0 unspecified atom stereocenters. The van der Waals surface area contributed by atoms with Crippen molar-refractivity contribution in [2.24, 2.45) is 5.73 Å². The van der Waals surface area contributed by atoms with Crippen LogP contribution in [0.3, 0.4) is 0 Å². The molecular weight excluding hydrogens is 356 g/mol. The smallest absolute Gasteiger partial charge is 0.161 e. The zero-order chi connectivity index (χ0) is 16.7. The fourth-order valence-corrected chi connectivity index (χ4v) is 2.94. The highest BCUT2D eigenvalue weighted by Crippen LogP contribution is 2.34. The molecule has 0 amide bonds. The Bertz CT molecular complexity index is 620. The molecule has 0 spiro atoms. The van der Waals surface area contributed by atoms with E-state index in [2.05, 4.69) is 45.1 Å². The van der Waals surface area contributed by atoms with E-state index in [-0.39, 0.29) is 0 Å². The van der Waals surface area contributed by atoms with E-state index in [1.54, 1.807) is 14.2 Å². The lowest BCUT2D eigenvalue weighted by Gasteiger charge is -2.23. The fraction of sp³-hybridized carbons (Fsp3) is 0.333. The van der Waals surface area contributed by atoms with Crippen LogP contribution in [0.5, 0.6) is 11.5 Å². The Morgan fingerprint density at radius 3 is 2.26 bits per heavy atom. The second-order valence-corrected chi connectivity index (χ2v) is 6.14. The van der Waals surface area contributed by atoms with Gasteiger partial charge in [-0.1, -0.05) is 46.3 Å². The van der Waals surface area contributed by atoms with E-state index in [0.29, 0.717) is 6.54 Å². The lowest BCUT2D eigenvalue weighted by molar-refractivity contribution is 0.263. The van der Waals surface area contributed by atoms with Gasteiger partial charge in [0.1, 0.15) is 0 Å². The number of rotatable bonds is 8. The third-order valence-corrected chi connectivity index (χ3v) is 4.38. The molecule has 0 aliphatic heterocycles. The third kappa shape index (κ3) is 4.96. The van der Waals surface area contributed by atoms with Gasteiger partial charge in [-0.25, -0.2) is 0 Å². The summed E-state index contributed by atoms with van der Waals surface area (Å²) in [6.07, 6.45) is 0. The molecule has 0 aliphatic rings. The van der Waals surface area contributed by atoms with Crippen molar-refractivity contribution >= 4 is 15.9 Å². The third-order valence-electron chi connectivity index (χ3n) is 3.64. The number of benzene rings is 2. The minimum atomic E-state index is 0.623. The summed E-state index contributed by atoms with van der Waals surface area (Å²) in [4.78, 5) is 2.32. The molecule has 0 aliphatic carbocycles. The maximum absolute atomic E-state index is 5.78. The Morgan fingerprint density at radius 1 is 1.00 bits per heavy atom. The van der Waals surface area contributed by atoms with E-state index >= 15 is 0 Å². The van der Waals surface area contributed by atoms with E-state index in [4.69, 9.17) is 15.2 Å². The molecule has 23 heavy (non-hydrogen) atoms. The Hall–Kier alpha value is -1.56. The highest BCUT2D eigenvalue weighted by atomic mass is 79.9. The summed E-state index contributed by atoms with van der Waals surface area (Å²) in [5.41, 5.74) is 8.20. The van der Waals surface area contributed by atoms with Crippen LogP contribution < -0.4 is 15.2 Å². The molecule has 2 N–H and O–H groups in total. The van der Waals surface area contributed by atoms with Gasteiger partial charge in [-0.15, -0.1) is 0 Å². The minimum Gasteiger partial charge on any atom is -0.493 e. The van der Waals surface area contributed by atoms with Crippen molar-refractivity contribution in [1.82, 2.24) is 4.90 Å². The van der Waals surface area contributed by atoms with E-state index < -0.39 is 0 Å². The zero-order valence-electron chi connectivity index (χ0n) is 13.6. The molecule has 2 aromatic carbocycles. The van der Waals surface area contributed by atoms with Crippen molar-refractivity contribution in [3.05, 3.63) is 58.1 Å². The van der Waals surface area contributed by atoms with Gasteiger partial charge in [-0.3, -0.25) is 4.90 Å². The van der Waals surface area contributed by atoms with Gasteiger partial charge in [0.05, 0.1) is 14.2 Å². The molecule has 0 heterocycles. The number of nitrogens with zero attached hydrogens (tertiary/aromatic N) is 1. The summed E-state index contributed by atoms with van der Waals surface area (Å²) >= 11 is 3.62. The standard InChI is InChI=1S/C18H23BrN2O2/c1-22-17-10-15(16(19)11-18(17)23-2)13-21(9-8-20)12-14-6-4-3-5-7-14/h3-7,10-11H,8-9,12-13,20H2,1-2H3. The van der Waals surface area contributed by atoms with Gasteiger partial charge in [0, 0.05) is 30.7 Å². The normalized spacial score (nSPS) is 10.8. The topological polar surface area (TPSA) is 47.7 Å². The number of nitrogens with two attached hydrogens (primary N) is 1. The van der Waals surface area contributed by atoms with Crippen LogP contribution in [0.2, 0.25) is 0 Å². The van der Waals surface area contributed by atoms with Crippen LogP contribution in [-0.2, 0) is 13.1 Å². The number of ether oxygens (including phenoxy) is 2. The summed E-state index contributed by atoms with van der Waals surface area (Å²) in [6, 6.07) is 14.4. The van der Waals surface area contributed by atoms with E-state index in [0.717, 1.165) is 41.2 Å². The molecule has 0 bridgehead atoms. The van der Waals surface area contributed by atoms with Crippen LogP contribution in [0.1, 0.15) is 11.1 Å². The molecule has 124 valence electrons. The van der Waals surface area contributed by atoms with Gasteiger partial charge in [-0.2, -0.15) is 0 Å². The lowest BCUT2D eigenvalue weighted by atomic mass is 10.1. The monoisotopic (exact) mass is 378 g/mol. The van der Waals surface area contributed by atoms with Crippen LogP contribution in [0, 0.1) is 0 Å². The zero-order valence-corrected chi connectivity index (χ0v) is 15.2. The van der Waals surface area contributed by atoms with Crippen molar-refractivity contribution in [1.29, 1.82) is 0 Å². The lowest BCUT2D eigenvalue weighted by Crippen LogP contribution is -2.28. The van der Waals surface area contributed by atoms with Gasteiger partial charge in [-0.05, 0) is 23.3 Å². The molecule has 0 saturated heterocycles. The SMILES string of the molecule is COc1cc(Br)c(CN(CCN)Cc2ccccc2)cc1OC. The highest BCUT2D eigenvalue weighted by Gasteiger charge is 2.13. The van der Waals surface area contributed by atoms with Crippen molar-refractivity contribution in [2.45, 2.75) is 13.1 Å². The first-order chi connectivity index (χ1) is 11.2. The molecule has 0 atom stereocenters. The minimum absolute atomic E-state index is 0.623. The molecule has 4 nitrogen and oxygen atoms in total. The first-order valence-corrected chi connectivity index (χ1v) is 8.34. The van der Waals surface area contributed by atoms with Gasteiger partial charge in [0.15, 0.2) is 11.5 Å². The van der Waals surface area contributed by atoms with E-state index in [1.807, 2.05) is 18.2 Å². The second-order valence-electron chi connectivity index (χ2n) is 5.28. The van der Waals surface area contributed by atoms with Gasteiger partial charge >= 0.3 is 0 Å². The van der Waals surface area contributed by atoms with Crippen LogP contribution in [0.15, 0.2) is 46.9 Å². The molecule has 0 fully saturated rings. The molecule has 0 radical (unpaired) electrons. The van der Waals surface area contributed by atoms with Gasteiger partial charge in [0.25, 0.3) is 0 Å². The fourth-order valence-electron chi connectivity index (χ4n) is 2.50. The van der Waals surface area contributed by atoms with E-state index in [9.17, 15) is 0 Å². The molecule has 0 saturated carbocycles. The second kappa shape index (κ2) is 8.91. The Labute approximate surface area is 146 Å².